The van der Waals surface area contributed by atoms with Crippen LogP contribution in [0.5, 0.6) is 0 Å². The molecule has 1 aliphatic rings. The fourth-order valence-electron chi connectivity index (χ4n) is 2.47. The van der Waals surface area contributed by atoms with Crippen molar-refractivity contribution in [3.63, 3.8) is 0 Å². The molecule has 5 nitrogen and oxygen atoms in total. The molecule has 0 aromatic heterocycles. The van der Waals surface area contributed by atoms with Crippen molar-refractivity contribution in [1.82, 2.24) is 5.32 Å². The van der Waals surface area contributed by atoms with Gasteiger partial charge in [-0.3, -0.25) is 4.79 Å². The van der Waals surface area contributed by atoms with Crippen molar-refractivity contribution in [2.45, 2.75) is 43.5 Å². The van der Waals surface area contributed by atoms with Crippen molar-refractivity contribution in [3.05, 3.63) is 29.1 Å². The minimum Gasteiger partial charge on any atom is -0.349 e. The van der Waals surface area contributed by atoms with Crippen molar-refractivity contribution >= 4 is 15.9 Å². The molecule has 110 valence electrons. The number of carbonyl (C=O) groups excluding carboxylic acids is 1. The lowest BCUT2D eigenvalue weighted by molar-refractivity contribution is 0.0933. The molecule has 0 aliphatic heterocycles. The Balaban J connectivity index is 2.33. The lowest BCUT2D eigenvalue weighted by Crippen LogP contribution is -2.33. The Kier molecular flexibility index (Phi) is 4.10. The van der Waals surface area contributed by atoms with Gasteiger partial charge in [0.25, 0.3) is 5.91 Å². The standard InChI is InChI=1S/C13H17FN2O3S/c1-8-6-11(14)10(7-12(8)20(15,18)19)13(17)16-9-4-2-3-5-9/h6-7,9H,2-5H2,1H3,(H,16,17)(H2,15,18,19). The maximum absolute atomic E-state index is 13.8. The molecule has 1 fully saturated rings. The van der Waals surface area contributed by atoms with Crippen molar-refractivity contribution < 1.29 is 17.6 Å². The molecule has 0 heterocycles. The Bertz CT molecular complexity index is 637. The normalized spacial score (nSPS) is 16.4. The Labute approximate surface area is 117 Å². The number of nitrogens with two attached hydrogens (primary N) is 1. The van der Waals surface area contributed by atoms with E-state index in [4.69, 9.17) is 5.14 Å². The van der Waals surface area contributed by atoms with Crippen molar-refractivity contribution in [2.24, 2.45) is 5.14 Å². The molecule has 1 aromatic carbocycles. The first-order valence-corrected chi connectivity index (χ1v) is 7.97. The fraction of sp³-hybridized carbons (Fsp3) is 0.462. The number of aryl methyl sites for hydroxylation is 1. The number of nitrogens with one attached hydrogen (secondary N) is 1. The molecule has 20 heavy (non-hydrogen) atoms. The molecule has 2 rings (SSSR count). The van der Waals surface area contributed by atoms with Gasteiger partial charge in [-0.05, 0) is 37.5 Å². The average Bonchev–Trinajstić information content (AvgIpc) is 2.79. The lowest BCUT2D eigenvalue weighted by atomic mass is 10.1. The summed E-state index contributed by atoms with van der Waals surface area (Å²) >= 11 is 0. The Morgan fingerprint density at radius 1 is 1.35 bits per heavy atom. The molecule has 0 atom stereocenters. The Morgan fingerprint density at radius 2 is 1.95 bits per heavy atom. The SMILES string of the molecule is Cc1cc(F)c(C(=O)NC2CCCC2)cc1S(N)(=O)=O. The zero-order chi connectivity index (χ0) is 14.9. The summed E-state index contributed by atoms with van der Waals surface area (Å²) in [7, 11) is -3.98. The average molecular weight is 300 g/mol. The highest BCUT2D eigenvalue weighted by Crippen LogP contribution is 2.21. The van der Waals surface area contributed by atoms with Gasteiger partial charge in [-0.1, -0.05) is 12.8 Å². The largest absolute Gasteiger partial charge is 0.349 e. The minimum atomic E-state index is -3.98. The van der Waals surface area contributed by atoms with Crippen LogP contribution >= 0.6 is 0 Å². The van der Waals surface area contributed by atoms with Crippen molar-refractivity contribution in [1.29, 1.82) is 0 Å². The van der Waals surface area contributed by atoms with Gasteiger partial charge < -0.3 is 5.32 Å². The van der Waals surface area contributed by atoms with Gasteiger partial charge >= 0.3 is 0 Å². The van der Waals surface area contributed by atoms with E-state index in [1.165, 1.54) is 6.92 Å². The van der Waals surface area contributed by atoms with Crippen molar-refractivity contribution in [2.75, 3.05) is 0 Å². The van der Waals surface area contributed by atoms with E-state index in [2.05, 4.69) is 5.32 Å². The summed E-state index contributed by atoms with van der Waals surface area (Å²) in [5.41, 5.74) is -0.103. The minimum absolute atomic E-state index is 0.0288. The monoisotopic (exact) mass is 300 g/mol. The molecule has 7 heteroatoms. The summed E-state index contributed by atoms with van der Waals surface area (Å²) < 4.78 is 36.7. The third kappa shape index (κ3) is 3.16. The number of hydrogen-bond acceptors (Lipinski definition) is 3. The van der Waals surface area contributed by atoms with Gasteiger partial charge in [0.15, 0.2) is 0 Å². The molecule has 1 aromatic rings. The summed E-state index contributed by atoms with van der Waals surface area (Å²) in [5, 5.41) is 7.78. The summed E-state index contributed by atoms with van der Waals surface area (Å²) in [5.74, 6) is -1.34. The number of hydrogen-bond donors (Lipinski definition) is 2. The van der Waals surface area contributed by atoms with Crippen LogP contribution < -0.4 is 10.5 Å². The second kappa shape index (κ2) is 5.49. The molecule has 0 spiro atoms. The van der Waals surface area contributed by atoms with E-state index in [1.54, 1.807) is 0 Å². The third-order valence-electron chi connectivity index (χ3n) is 3.51. The van der Waals surface area contributed by atoms with Crippen LogP contribution in [0.25, 0.3) is 0 Å². The van der Waals surface area contributed by atoms with Gasteiger partial charge in [-0.25, -0.2) is 17.9 Å². The quantitative estimate of drug-likeness (QED) is 0.885. The summed E-state index contributed by atoms with van der Waals surface area (Å²) in [6.45, 7) is 1.43. The second-order valence-electron chi connectivity index (χ2n) is 5.10. The predicted molar refractivity (Wildman–Crippen MR) is 72.2 cm³/mol. The van der Waals surface area contributed by atoms with Gasteiger partial charge in [-0.15, -0.1) is 0 Å². The highest BCUT2D eigenvalue weighted by atomic mass is 32.2. The zero-order valence-electron chi connectivity index (χ0n) is 11.1. The first kappa shape index (κ1) is 14.9. The molecule has 1 aliphatic carbocycles. The van der Waals surface area contributed by atoms with Gasteiger partial charge in [0.05, 0.1) is 10.5 Å². The van der Waals surface area contributed by atoms with E-state index in [1.807, 2.05) is 0 Å². The molecule has 0 bridgehead atoms. The van der Waals surface area contributed by atoms with Gasteiger partial charge in [0, 0.05) is 6.04 Å². The predicted octanol–water partition coefficient (Wildman–Crippen LogP) is 1.45. The highest BCUT2D eigenvalue weighted by Gasteiger charge is 2.23. The third-order valence-corrected chi connectivity index (χ3v) is 4.56. The lowest BCUT2D eigenvalue weighted by Gasteiger charge is -2.13. The van der Waals surface area contributed by atoms with Crippen LogP contribution in [0.15, 0.2) is 17.0 Å². The van der Waals surface area contributed by atoms with Crippen LogP contribution in [0, 0.1) is 12.7 Å². The molecule has 1 amide bonds. The second-order valence-corrected chi connectivity index (χ2v) is 6.63. The van der Waals surface area contributed by atoms with Gasteiger partial charge in [0.1, 0.15) is 5.82 Å². The number of rotatable bonds is 3. The summed E-state index contributed by atoms with van der Waals surface area (Å²) in [6, 6.07) is 2.05. The van der Waals surface area contributed by atoms with E-state index in [-0.39, 0.29) is 22.1 Å². The number of amides is 1. The topological polar surface area (TPSA) is 89.3 Å². The summed E-state index contributed by atoms with van der Waals surface area (Å²) in [6.07, 6.45) is 3.79. The van der Waals surface area contributed by atoms with Crippen LogP contribution in [0.2, 0.25) is 0 Å². The van der Waals surface area contributed by atoms with E-state index >= 15 is 0 Å². The van der Waals surface area contributed by atoms with E-state index < -0.39 is 21.7 Å². The maximum Gasteiger partial charge on any atom is 0.254 e. The Morgan fingerprint density at radius 3 is 2.50 bits per heavy atom. The van der Waals surface area contributed by atoms with Crippen LogP contribution in [0.3, 0.4) is 0 Å². The molecule has 0 radical (unpaired) electrons. The number of benzene rings is 1. The molecular formula is C13H17FN2O3S. The molecule has 3 N–H and O–H groups in total. The highest BCUT2D eigenvalue weighted by molar-refractivity contribution is 7.89. The first-order chi connectivity index (χ1) is 9.29. The van der Waals surface area contributed by atoms with Crippen LogP contribution in [0.4, 0.5) is 4.39 Å². The number of halogens is 1. The zero-order valence-corrected chi connectivity index (χ0v) is 12.0. The number of sulfonamides is 1. The smallest absolute Gasteiger partial charge is 0.254 e. The molecule has 0 saturated heterocycles. The maximum atomic E-state index is 13.8. The van der Waals surface area contributed by atoms with Gasteiger partial charge in [-0.2, -0.15) is 0 Å². The van der Waals surface area contributed by atoms with Crippen molar-refractivity contribution in [3.8, 4) is 0 Å². The van der Waals surface area contributed by atoms with E-state index in [0.717, 1.165) is 37.8 Å². The van der Waals surface area contributed by atoms with Crippen LogP contribution in [-0.4, -0.2) is 20.4 Å². The Hall–Kier alpha value is -1.47. The van der Waals surface area contributed by atoms with Gasteiger partial charge in [0.2, 0.25) is 10.0 Å². The van der Waals surface area contributed by atoms with Crippen LogP contribution in [-0.2, 0) is 10.0 Å². The molecule has 0 unspecified atom stereocenters. The molecule has 1 saturated carbocycles. The number of primary sulfonamides is 1. The fourth-order valence-corrected chi connectivity index (χ4v) is 3.26. The first-order valence-electron chi connectivity index (χ1n) is 6.43. The van der Waals surface area contributed by atoms with E-state index in [9.17, 15) is 17.6 Å². The number of carbonyl (C=O) groups is 1. The van der Waals surface area contributed by atoms with Crippen LogP contribution in [0.1, 0.15) is 41.6 Å². The molecular weight excluding hydrogens is 283 g/mol. The summed E-state index contributed by atoms with van der Waals surface area (Å²) in [4.78, 5) is 11.8. The van der Waals surface area contributed by atoms with E-state index in [0.29, 0.717) is 0 Å².